The summed E-state index contributed by atoms with van der Waals surface area (Å²) in [7, 11) is 0. The number of ketones is 1. The van der Waals surface area contributed by atoms with Crippen LogP contribution < -0.4 is 26.6 Å². The zero-order chi connectivity index (χ0) is 52.3. The Morgan fingerprint density at radius 2 is 1.31 bits per heavy atom. The first kappa shape index (κ1) is 58.6. The maximum Gasteiger partial charge on any atom is 0.289 e. The minimum absolute atomic E-state index is 0.0230. The van der Waals surface area contributed by atoms with Crippen molar-refractivity contribution in [3.8, 4) is 0 Å². The fraction of sp³-hybridized carbons (Fsp3) is 0.596. The summed E-state index contributed by atoms with van der Waals surface area (Å²) in [4.78, 5) is 106. The molecule has 3 aliphatic rings. The van der Waals surface area contributed by atoms with Crippen molar-refractivity contribution in [2.45, 2.75) is 168 Å². The first-order valence-electron chi connectivity index (χ1n) is 26.6. The summed E-state index contributed by atoms with van der Waals surface area (Å²) in [6.07, 6.45) is 43.0. The van der Waals surface area contributed by atoms with Gasteiger partial charge in [-0.1, -0.05) is 140 Å². The second-order valence-electron chi connectivity index (χ2n) is 20.7. The van der Waals surface area contributed by atoms with Crippen molar-refractivity contribution in [3.63, 3.8) is 0 Å². The van der Waals surface area contributed by atoms with Crippen molar-refractivity contribution in [2.24, 2.45) is 29.1 Å². The number of hydrogen-bond donors (Lipinski definition) is 5. The highest BCUT2D eigenvalue weighted by molar-refractivity contribution is 6.38. The fourth-order valence-electron chi connectivity index (χ4n) is 9.73. The third kappa shape index (κ3) is 19.6. The Bertz CT molecular complexity index is 2100. The topological polar surface area (TPSA) is 209 Å². The van der Waals surface area contributed by atoms with E-state index in [1.54, 1.807) is 18.7 Å². The maximum atomic E-state index is 14.8. The number of allylic oxidation sites excluding steroid dienone is 12. The van der Waals surface area contributed by atoms with Crippen LogP contribution in [0, 0.1) is 29.1 Å². The molecule has 6 amide bonds. The molecule has 1 aromatic heterocycles. The number of hydrogen-bond acceptors (Lipinski definition) is 9. The molecule has 3 unspecified atom stereocenters. The molecule has 0 aromatic carbocycles. The molecule has 15 nitrogen and oxygen atoms in total. The number of Topliss-reactive ketones (excluding diaryl/α,β-unsaturated/α-hetero) is 1. The third-order valence-electron chi connectivity index (χ3n) is 13.7. The fourth-order valence-corrected chi connectivity index (χ4v) is 9.73. The number of carbonyl (C=O) groups excluding carboxylic acids is 7. The van der Waals surface area contributed by atoms with Gasteiger partial charge in [0, 0.05) is 38.4 Å². The minimum atomic E-state index is -1.17. The lowest BCUT2D eigenvalue weighted by Crippen LogP contribution is -2.62. The van der Waals surface area contributed by atoms with E-state index in [0.29, 0.717) is 19.4 Å². The molecule has 0 radical (unpaired) electrons. The highest BCUT2D eigenvalue weighted by Gasteiger charge is 2.52. The minimum Gasteiger partial charge on any atom is -0.354 e. The van der Waals surface area contributed by atoms with Crippen LogP contribution in [0.15, 0.2) is 91.5 Å². The normalized spacial score (nSPS) is 19.9. The molecule has 4 rings (SSSR count). The Morgan fingerprint density at radius 1 is 0.708 bits per heavy atom. The van der Waals surface area contributed by atoms with Gasteiger partial charge < -0.3 is 31.5 Å². The van der Waals surface area contributed by atoms with Gasteiger partial charge in [0.25, 0.3) is 11.8 Å². The van der Waals surface area contributed by atoms with Crippen molar-refractivity contribution in [1.82, 2.24) is 41.5 Å². The molecule has 15 heteroatoms. The summed E-state index contributed by atoms with van der Waals surface area (Å²) in [5.74, 6) is -4.54. The zero-order valence-corrected chi connectivity index (χ0v) is 43.9. The molecule has 0 bridgehead atoms. The quantitative estimate of drug-likeness (QED) is 0.0316. The van der Waals surface area contributed by atoms with Crippen LogP contribution >= 0.6 is 0 Å². The van der Waals surface area contributed by atoms with Gasteiger partial charge in [-0.3, -0.25) is 38.5 Å². The summed E-state index contributed by atoms with van der Waals surface area (Å²) >= 11 is 0. The number of rotatable bonds is 28. The summed E-state index contributed by atoms with van der Waals surface area (Å²) < 4.78 is 0. The summed E-state index contributed by atoms with van der Waals surface area (Å²) in [6.45, 7) is 11.6. The van der Waals surface area contributed by atoms with Crippen molar-refractivity contribution in [1.29, 1.82) is 0 Å². The molecule has 3 fully saturated rings. The average molecular weight is 993 g/mol. The Labute approximate surface area is 429 Å². The second kappa shape index (κ2) is 31.5. The number of aromatic nitrogens is 2. The molecule has 72 heavy (non-hydrogen) atoms. The van der Waals surface area contributed by atoms with E-state index in [4.69, 9.17) is 0 Å². The van der Waals surface area contributed by atoms with Crippen molar-refractivity contribution < 1.29 is 33.6 Å². The molecule has 2 heterocycles. The van der Waals surface area contributed by atoms with Crippen LogP contribution in [-0.2, 0) is 28.8 Å². The number of nitrogens with one attached hydrogen (secondary N) is 5. The van der Waals surface area contributed by atoms with Gasteiger partial charge in [-0.25, -0.2) is 4.98 Å². The van der Waals surface area contributed by atoms with Gasteiger partial charge in [-0.2, -0.15) is 0 Å². The van der Waals surface area contributed by atoms with Gasteiger partial charge >= 0.3 is 0 Å². The highest BCUT2D eigenvalue weighted by atomic mass is 16.2. The van der Waals surface area contributed by atoms with Gasteiger partial charge in [0.15, 0.2) is 0 Å². The van der Waals surface area contributed by atoms with Crippen molar-refractivity contribution in [3.05, 3.63) is 97.2 Å². The lowest BCUT2D eigenvalue weighted by atomic mass is 9.82. The second-order valence-corrected chi connectivity index (χ2v) is 20.7. The molecular weight excluding hydrogens is 909 g/mol. The number of fused-ring (bicyclic) bond motifs is 1. The molecule has 5 N–H and O–H groups in total. The van der Waals surface area contributed by atoms with E-state index in [1.165, 1.54) is 18.6 Å². The predicted molar refractivity (Wildman–Crippen MR) is 283 cm³/mol. The summed E-state index contributed by atoms with van der Waals surface area (Å²) in [5.41, 5.74) is -0.712. The van der Waals surface area contributed by atoms with Crippen LogP contribution in [0.3, 0.4) is 0 Å². The van der Waals surface area contributed by atoms with E-state index >= 15 is 0 Å². The standard InChI is InChI=1S/C57H84N8O7/c1-7-8-9-10-11-12-13-14-15-16-17-18-19-20-21-22-23-24-28-34-46(66)60-37-38-61-55(71)50(67)47(41(2)3)62-54(70)49-44-33-29-32-43(44)40-65(49)56(72)51(57(4,5)6)64-53(69)48(42-30-26-25-27-31-42)63-52(68)45-39-58-35-36-59-45/h8-9,11-12,14-15,17-18,20-21,23-24,35-36,39,41-44,47-49,51H,7,10,13,16,19,22,25-34,37-38,40H2,1-6H3,(H,60,66)(H,61,71)(H,62,70)(H,63,68)(H,64,69)/b9-8-,12-11-,15-14-,18-17-,21-20-,24-23-/t43?,44-,47-,48-,49?,51?/m0/s1. The first-order chi connectivity index (χ1) is 34.6. The van der Waals surface area contributed by atoms with Gasteiger partial charge in [0.2, 0.25) is 29.4 Å². The molecule has 1 aromatic rings. The van der Waals surface area contributed by atoms with Gasteiger partial charge in [-0.05, 0) is 99.7 Å². The molecule has 1 saturated heterocycles. The van der Waals surface area contributed by atoms with Gasteiger partial charge in [-0.15, -0.1) is 0 Å². The lowest BCUT2D eigenvalue weighted by molar-refractivity contribution is -0.146. The van der Waals surface area contributed by atoms with E-state index in [2.05, 4.69) is 104 Å². The molecule has 2 saturated carbocycles. The van der Waals surface area contributed by atoms with Crippen LogP contribution in [-0.4, -0.2) is 99.9 Å². The Morgan fingerprint density at radius 3 is 1.88 bits per heavy atom. The average Bonchev–Trinajstić information content (AvgIpc) is 3.98. The van der Waals surface area contributed by atoms with Gasteiger partial charge in [0.1, 0.15) is 23.8 Å². The van der Waals surface area contributed by atoms with E-state index in [1.807, 2.05) is 32.9 Å². The molecule has 1 aliphatic heterocycles. The predicted octanol–water partition coefficient (Wildman–Crippen LogP) is 7.73. The monoisotopic (exact) mass is 993 g/mol. The molecule has 394 valence electrons. The molecular formula is C57H84N8O7. The van der Waals surface area contributed by atoms with Crippen LogP contribution in [0.1, 0.15) is 155 Å². The third-order valence-corrected chi connectivity index (χ3v) is 13.7. The van der Waals surface area contributed by atoms with Crippen LogP contribution in [0.2, 0.25) is 0 Å². The molecule has 6 atom stereocenters. The van der Waals surface area contributed by atoms with E-state index in [-0.39, 0.29) is 48.9 Å². The Balaban J connectivity index is 1.24. The van der Waals surface area contributed by atoms with Crippen LogP contribution in [0.25, 0.3) is 0 Å². The lowest BCUT2D eigenvalue weighted by Gasteiger charge is -2.38. The number of nitrogens with zero attached hydrogens (tertiary/aromatic N) is 3. The van der Waals surface area contributed by atoms with Gasteiger partial charge in [0.05, 0.1) is 12.2 Å². The summed E-state index contributed by atoms with van der Waals surface area (Å²) in [6, 6.07) is -4.06. The number of amides is 6. The van der Waals surface area contributed by atoms with Crippen molar-refractivity contribution in [2.75, 3.05) is 19.6 Å². The highest BCUT2D eigenvalue weighted by Crippen LogP contribution is 2.43. The molecule has 0 spiro atoms. The Kier molecular flexibility index (Phi) is 25.6. The van der Waals surface area contributed by atoms with E-state index in [9.17, 15) is 33.6 Å². The summed E-state index contributed by atoms with van der Waals surface area (Å²) in [5, 5.41) is 14.1. The smallest absolute Gasteiger partial charge is 0.289 e. The largest absolute Gasteiger partial charge is 0.354 e. The van der Waals surface area contributed by atoms with E-state index in [0.717, 1.165) is 83.5 Å². The Hall–Kier alpha value is -5.99. The number of carbonyl (C=O) groups is 7. The van der Waals surface area contributed by atoms with Crippen LogP contribution in [0.5, 0.6) is 0 Å². The number of likely N-dealkylation sites (tertiary alicyclic amines) is 1. The zero-order valence-electron chi connectivity index (χ0n) is 43.9. The SMILES string of the molecule is CC/C=C\C/C=C\C/C=C\C/C=C\C/C=C\C/C=C\CCC(=O)NCCNC(=O)C(=O)[C@@H](NC(=O)C1[C@H]2CCCC2CN1C(=O)C(NC(=O)[C@@H](NC(=O)c1cnccn1)C1CCCCC1)C(C)(C)C)C(C)C. The maximum absolute atomic E-state index is 14.8. The van der Waals surface area contributed by atoms with Crippen LogP contribution in [0.4, 0.5) is 0 Å². The first-order valence-corrected chi connectivity index (χ1v) is 26.6. The van der Waals surface area contributed by atoms with E-state index < -0.39 is 70.8 Å². The van der Waals surface area contributed by atoms with Crippen molar-refractivity contribution >= 4 is 41.2 Å². The molecule has 2 aliphatic carbocycles.